The Kier molecular flexibility index (Phi) is 3.85. The molecule has 0 amide bonds. The lowest BCUT2D eigenvalue weighted by Gasteiger charge is -2.03. The van der Waals surface area contributed by atoms with Crippen LogP contribution in [-0.4, -0.2) is 5.78 Å². The first kappa shape index (κ1) is 11.7. The molecule has 0 radical (unpaired) electrons. The highest BCUT2D eigenvalue weighted by Crippen LogP contribution is 2.23. The summed E-state index contributed by atoms with van der Waals surface area (Å²) in [6.45, 7) is 0. The molecule has 0 spiro atoms. The number of nitriles is 2. The maximum absolute atomic E-state index is 11.6. The van der Waals surface area contributed by atoms with E-state index in [9.17, 15) is 4.79 Å². The Morgan fingerprint density at radius 3 is 2.47 bits per heavy atom. The molecular formula is C10H4BrClN2O. The number of ketones is 1. The average Bonchev–Trinajstić information content (AvgIpc) is 2.19. The summed E-state index contributed by atoms with van der Waals surface area (Å²) in [6.07, 6.45) is 0. The molecular weight excluding hydrogens is 279 g/mol. The van der Waals surface area contributed by atoms with Crippen LogP contribution in [0.3, 0.4) is 0 Å². The van der Waals surface area contributed by atoms with Gasteiger partial charge in [0.05, 0.1) is 12.1 Å². The van der Waals surface area contributed by atoms with Gasteiger partial charge in [-0.2, -0.15) is 10.5 Å². The quantitative estimate of drug-likeness (QED) is 0.784. The Morgan fingerprint density at radius 1 is 1.40 bits per heavy atom. The van der Waals surface area contributed by atoms with Crippen molar-refractivity contribution in [1.29, 1.82) is 10.5 Å². The summed E-state index contributed by atoms with van der Waals surface area (Å²) in [5.74, 6) is -1.80. The van der Waals surface area contributed by atoms with Crippen molar-refractivity contribution in [3.8, 4) is 12.1 Å². The van der Waals surface area contributed by atoms with Gasteiger partial charge in [0.2, 0.25) is 0 Å². The minimum absolute atomic E-state index is 0.285. The number of hydrogen-bond donors (Lipinski definition) is 0. The third-order valence-electron chi connectivity index (χ3n) is 1.72. The number of halogens is 2. The van der Waals surface area contributed by atoms with Crippen molar-refractivity contribution in [3.05, 3.63) is 33.3 Å². The van der Waals surface area contributed by atoms with Gasteiger partial charge in [0.15, 0.2) is 11.7 Å². The molecule has 0 unspecified atom stereocenters. The Bertz CT molecular complexity index is 473. The zero-order valence-corrected chi connectivity index (χ0v) is 9.71. The molecule has 74 valence electrons. The SMILES string of the molecule is N#CC(C#N)C(=O)c1ccc(Cl)cc1Br. The molecule has 0 saturated carbocycles. The van der Waals surface area contributed by atoms with Crippen LogP contribution in [0, 0.1) is 28.6 Å². The van der Waals surface area contributed by atoms with E-state index in [-0.39, 0.29) is 5.56 Å². The Morgan fingerprint density at radius 2 is 2.00 bits per heavy atom. The molecule has 0 aliphatic rings. The van der Waals surface area contributed by atoms with Crippen LogP contribution in [0.2, 0.25) is 5.02 Å². The normalized spacial score (nSPS) is 9.40. The second-order valence-electron chi connectivity index (χ2n) is 2.68. The molecule has 0 N–H and O–H groups in total. The van der Waals surface area contributed by atoms with Gasteiger partial charge < -0.3 is 0 Å². The number of benzene rings is 1. The van der Waals surface area contributed by atoms with Gasteiger partial charge in [-0.15, -0.1) is 0 Å². The van der Waals surface area contributed by atoms with Crippen LogP contribution in [0.1, 0.15) is 10.4 Å². The molecule has 0 saturated heterocycles. The van der Waals surface area contributed by atoms with E-state index in [1.165, 1.54) is 12.1 Å². The highest BCUT2D eigenvalue weighted by molar-refractivity contribution is 9.10. The van der Waals surface area contributed by atoms with Gasteiger partial charge in [-0.25, -0.2) is 0 Å². The van der Waals surface area contributed by atoms with Gasteiger partial charge in [-0.3, -0.25) is 4.79 Å². The lowest BCUT2D eigenvalue weighted by molar-refractivity contribution is 0.0970. The highest BCUT2D eigenvalue weighted by atomic mass is 79.9. The van der Waals surface area contributed by atoms with Crippen LogP contribution in [0.4, 0.5) is 0 Å². The molecule has 3 nitrogen and oxygen atoms in total. The fourth-order valence-electron chi connectivity index (χ4n) is 0.991. The van der Waals surface area contributed by atoms with Crippen molar-refractivity contribution in [2.45, 2.75) is 0 Å². The predicted molar refractivity (Wildman–Crippen MR) is 58.2 cm³/mol. The predicted octanol–water partition coefficient (Wildman–Crippen LogP) is 2.95. The van der Waals surface area contributed by atoms with Gasteiger partial charge in [-0.05, 0) is 34.1 Å². The minimum Gasteiger partial charge on any atom is -0.291 e. The molecule has 0 aliphatic carbocycles. The van der Waals surface area contributed by atoms with E-state index in [0.717, 1.165) is 0 Å². The van der Waals surface area contributed by atoms with Gasteiger partial charge in [0.1, 0.15) is 0 Å². The van der Waals surface area contributed by atoms with Crippen LogP contribution < -0.4 is 0 Å². The first-order valence-electron chi connectivity index (χ1n) is 3.88. The van der Waals surface area contributed by atoms with Crippen LogP contribution >= 0.6 is 27.5 Å². The van der Waals surface area contributed by atoms with Gasteiger partial charge in [-0.1, -0.05) is 11.6 Å². The van der Waals surface area contributed by atoms with E-state index >= 15 is 0 Å². The summed E-state index contributed by atoms with van der Waals surface area (Å²) in [7, 11) is 0. The molecule has 1 aromatic rings. The number of nitrogens with zero attached hydrogens (tertiary/aromatic N) is 2. The average molecular weight is 284 g/mol. The summed E-state index contributed by atoms with van der Waals surface area (Å²) in [4.78, 5) is 11.6. The standard InChI is InChI=1S/C10H4BrClN2O/c11-9-3-7(12)1-2-8(9)10(15)6(4-13)5-14/h1-3,6H. The first-order valence-corrected chi connectivity index (χ1v) is 5.05. The third kappa shape index (κ3) is 2.56. The van der Waals surface area contributed by atoms with Crippen molar-refractivity contribution in [2.75, 3.05) is 0 Å². The van der Waals surface area contributed by atoms with Gasteiger partial charge in [0.25, 0.3) is 0 Å². The van der Waals surface area contributed by atoms with E-state index in [1.54, 1.807) is 18.2 Å². The monoisotopic (exact) mass is 282 g/mol. The van der Waals surface area contributed by atoms with Crippen LogP contribution in [0.15, 0.2) is 22.7 Å². The fourth-order valence-corrected chi connectivity index (χ4v) is 1.87. The van der Waals surface area contributed by atoms with E-state index in [2.05, 4.69) is 15.9 Å². The lowest BCUT2D eigenvalue weighted by atomic mass is 10.0. The van der Waals surface area contributed by atoms with Crippen LogP contribution in [0.25, 0.3) is 0 Å². The number of Topliss-reactive ketones (excluding diaryl/α,β-unsaturated/α-hetero) is 1. The number of carbonyl (C=O) groups excluding carboxylic acids is 1. The Hall–Kier alpha value is -1.36. The molecule has 0 aromatic heterocycles. The molecule has 1 rings (SSSR count). The molecule has 0 bridgehead atoms. The smallest absolute Gasteiger partial charge is 0.195 e. The summed E-state index contributed by atoms with van der Waals surface area (Å²) in [5, 5.41) is 17.6. The second-order valence-corrected chi connectivity index (χ2v) is 3.97. The van der Waals surface area contributed by atoms with E-state index in [1.807, 2.05) is 0 Å². The summed E-state index contributed by atoms with van der Waals surface area (Å²) in [6, 6.07) is 7.81. The molecule has 5 heteroatoms. The van der Waals surface area contributed by atoms with Crippen molar-refractivity contribution >= 4 is 33.3 Å². The maximum atomic E-state index is 11.6. The van der Waals surface area contributed by atoms with Crippen molar-refractivity contribution in [3.63, 3.8) is 0 Å². The zero-order chi connectivity index (χ0) is 11.4. The lowest BCUT2D eigenvalue weighted by Crippen LogP contribution is -2.11. The molecule has 0 aliphatic heterocycles. The fraction of sp³-hybridized carbons (Fsp3) is 0.100. The van der Waals surface area contributed by atoms with Gasteiger partial charge >= 0.3 is 0 Å². The van der Waals surface area contributed by atoms with Crippen molar-refractivity contribution < 1.29 is 4.79 Å². The van der Waals surface area contributed by atoms with E-state index < -0.39 is 11.7 Å². The number of hydrogen-bond acceptors (Lipinski definition) is 3. The van der Waals surface area contributed by atoms with E-state index in [4.69, 9.17) is 22.1 Å². The topological polar surface area (TPSA) is 64.7 Å². The highest BCUT2D eigenvalue weighted by Gasteiger charge is 2.20. The Balaban J connectivity index is 3.14. The Labute approximate surface area is 100 Å². The molecule has 0 fully saturated rings. The summed E-state index contributed by atoms with van der Waals surface area (Å²) < 4.78 is 0.482. The largest absolute Gasteiger partial charge is 0.291 e. The van der Waals surface area contributed by atoms with Crippen LogP contribution in [0.5, 0.6) is 0 Å². The third-order valence-corrected chi connectivity index (χ3v) is 2.61. The maximum Gasteiger partial charge on any atom is 0.195 e. The molecule has 1 aromatic carbocycles. The zero-order valence-electron chi connectivity index (χ0n) is 7.37. The first-order chi connectivity index (χ1) is 7.10. The van der Waals surface area contributed by atoms with Crippen molar-refractivity contribution in [2.24, 2.45) is 5.92 Å². The van der Waals surface area contributed by atoms with Crippen LogP contribution in [-0.2, 0) is 0 Å². The second kappa shape index (κ2) is 4.93. The molecule has 15 heavy (non-hydrogen) atoms. The van der Waals surface area contributed by atoms with Gasteiger partial charge in [0, 0.05) is 15.1 Å². The molecule has 0 atom stereocenters. The number of carbonyl (C=O) groups is 1. The molecule has 0 heterocycles. The van der Waals surface area contributed by atoms with E-state index in [0.29, 0.717) is 9.50 Å². The minimum atomic E-state index is -1.28. The summed E-state index contributed by atoms with van der Waals surface area (Å²) in [5.41, 5.74) is 0.285. The van der Waals surface area contributed by atoms with Crippen molar-refractivity contribution in [1.82, 2.24) is 0 Å². The summed E-state index contributed by atoms with van der Waals surface area (Å²) >= 11 is 8.85. The number of rotatable bonds is 2.